The summed E-state index contributed by atoms with van der Waals surface area (Å²) in [6.07, 6.45) is 1.02. The lowest BCUT2D eigenvalue weighted by molar-refractivity contribution is 0.248. The third-order valence-electron chi connectivity index (χ3n) is 4.19. The minimum Gasteiger partial charge on any atom is -0.497 e. The van der Waals surface area contributed by atoms with Crippen LogP contribution >= 0.6 is 0 Å². The van der Waals surface area contributed by atoms with E-state index in [0.29, 0.717) is 5.92 Å². The van der Waals surface area contributed by atoms with Gasteiger partial charge in [-0.05, 0) is 42.8 Å². The number of hydrogen-bond donors (Lipinski definition) is 1. The molecule has 1 aliphatic heterocycles. The number of hydrogen-bond acceptors (Lipinski definition) is 3. The van der Waals surface area contributed by atoms with Crippen LogP contribution in [0.1, 0.15) is 29.5 Å². The Bertz CT molecular complexity index is 594. The molecule has 0 fully saturated rings. The molecule has 2 aromatic rings. The molecule has 1 N–H and O–H groups in total. The Morgan fingerprint density at radius 3 is 2.62 bits per heavy atom. The number of nitrogens with one attached hydrogen (secondary N) is 1. The standard InChI is InChI=1S/C18H21NO2/c1-19-18(13-7-9-14(20-2)10-8-13)16-11-12-21-17-6-4-3-5-15(16)17/h3-10,16,18-19H,11-12H2,1-2H3. The van der Waals surface area contributed by atoms with E-state index >= 15 is 0 Å². The molecule has 0 aromatic heterocycles. The third kappa shape index (κ3) is 2.74. The van der Waals surface area contributed by atoms with Gasteiger partial charge in [0.15, 0.2) is 0 Å². The van der Waals surface area contributed by atoms with Crippen LogP contribution in [-0.2, 0) is 0 Å². The van der Waals surface area contributed by atoms with E-state index in [0.717, 1.165) is 24.5 Å². The van der Waals surface area contributed by atoms with E-state index < -0.39 is 0 Å². The van der Waals surface area contributed by atoms with Gasteiger partial charge in [-0.3, -0.25) is 0 Å². The number of benzene rings is 2. The summed E-state index contributed by atoms with van der Waals surface area (Å²) in [6.45, 7) is 0.774. The first-order chi connectivity index (χ1) is 10.3. The molecule has 0 aliphatic carbocycles. The Kier molecular flexibility index (Phi) is 4.11. The molecule has 0 saturated heterocycles. The van der Waals surface area contributed by atoms with Gasteiger partial charge in [0.2, 0.25) is 0 Å². The van der Waals surface area contributed by atoms with E-state index in [9.17, 15) is 0 Å². The van der Waals surface area contributed by atoms with E-state index in [-0.39, 0.29) is 6.04 Å². The van der Waals surface area contributed by atoms with Gasteiger partial charge in [-0.15, -0.1) is 0 Å². The fourth-order valence-electron chi connectivity index (χ4n) is 3.13. The predicted octanol–water partition coefficient (Wildman–Crippen LogP) is 3.52. The maximum absolute atomic E-state index is 5.77. The molecule has 3 nitrogen and oxygen atoms in total. The number of likely N-dealkylation sites (N-methyl/N-ethyl adjacent to an activating group) is 1. The topological polar surface area (TPSA) is 30.5 Å². The van der Waals surface area contributed by atoms with Crippen LogP contribution in [0.5, 0.6) is 11.5 Å². The highest BCUT2D eigenvalue weighted by Gasteiger charge is 2.28. The summed E-state index contributed by atoms with van der Waals surface area (Å²) >= 11 is 0. The average Bonchev–Trinajstić information content (AvgIpc) is 2.56. The molecule has 1 aliphatic rings. The quantitative estimate of drug-likeness (QED) is 0.931. The average molecular weight is 283 g/mol. The lowest BCUT2D eigenvalue weighted by atomic mass is 9.83. The van der Waals surface area contributed by atoms with Gasteiger partial charge in [-0.25, -0.2) is 0 Å². The Balaban J connectivity index is 1.93. The highest BCUT2D eigenvalue weighted by atomic mass is 16.5. The van der Waals surface area contributed by atoms with Crippen molar-refractivity contribution in [1.82, 2.24) is 5.32 Å². The summed E-state index contributed by atoms with van der Waals surface area (Å²) in [5.41, 5.74) is 2.57. The number of ether oxygens (including phenoxy) is 2. The van der Waals surface area contributed by atoms with Crippen molar-refractivity contribution in [2.75, 3.05) is 20.8 Å². The van der Waals surface area contributed by atoms with Crippen LogP contribution in [0.15, 0.2) is 48.5 Å². The molecule has 0 amide bonds. The predicted molar refractivity (Wildman–Crippen MR) is 84.1 cm³/mol. The zero-order chi connectivity index (χ0) is 14.7. The molecule has 2 unspecified atom stereocenters. The van der Waals surface area contributed by atoms with Crippen LogP contribution in [0.2, 0.25) is 0 Å². The monoisotopic (exact) mass is 283 g/mol. The molecule has 0 bridgehead atoms. The summed E-state index contributed by atoms with van der Waals surface area (Å²) in [5.74, 6) is 2.33. The fraction of sp³-hybridized carbons (Fsp3) is 0.333. The SMILES string of the molecule is CNC(c1ccc(OC)cc1)C1CCOc2ccccc21. The van der Waals surface area contributed by atoms with E-state index in [4.69, 9.17) is 9.47 Å². The second-order valence-electron chi connectivity index (χ2n) is 5.32. The van der Waals surface area contributed by atoms with Gasteiger partial charge in [0.25, 0.3) is 0 Å². The Labute approximate surface area is 125 Å². The van der Waals surface area contributed by atoms with Gasteiger partial charge in [-0.1, -0.05) is 30.3 Å². The van der Waals surface area contributed by atoms with Crippen molar-refractivity contribution < 1.29 is 9.47 Å². The summed E-state index contributed by atoms with van der Waals surface area (Å²) in [4.78, 5) is 0. The molecule has 3 rings (SSSR count). The van der Waals surface area contributed by atoms with E-state index in [1.165, 1.54) is 11.1 Å². The molecule has 0 spiro atoms. The van der Waals surface area contributed by atoms with Crippen molar-refractivity contribution in [3.8, 4) is 11.5 Å². The Morgan fingerprint density at radius 1 is 1.14 bits per heavy atom. The van der Waals surface area contributed by atoms with Gasteiger partial charge in [-0.2, -0.15) is 0 Å². The molecule has 0 radical (unpaired) electrons. The van der Waals surface area contributed by atoms with Crippen molar-refractivity contribution in [1.29, 1.82) is 0 Å². The van der Waals surface area contributed by atoms with Gasteiger partial charge in [0.1, 0.15) is 11.5 Å². The normalized spacial score (nSPS) is 18.5. The largest absolute Gasteiger partial charge is 0.497 e. The third-order valence-corrected chi connectivity index (χ3v) is 4.19. The van der Waals surface area contributed by atoms with Crippen LogP contribution < -0.4 is 14.8 Å². The zero-order valence-corrected chi connectivity index (χ0v) is 12.5. The summed E-state index contributed by atoms with van der Waals surface area (Å²) in [7, 11) is 3.71. The van der Waals surface area contributed by atoms with E-state index in [1.54, 1.807) is 7.11 Å². The minimum absolute atomic E-state index is 0.279. The smallest absolute Gasteiger partial charge is 0.122 e. The lowest BCUT2D eigenvalue weighted by Crippen LogP contribution is -2.28. The van der Waals surface area contributed by atoms with E-state index in [2.05, 4.69) is 35.6 Å². The highest BCUT2D eigenvalue weighted by molar-refractivity contribution is 5.41. The second-order valence-corrected chi connectivity index (χ2v) is 5.32. The molecule has 110 valence electrons. The zero-order valence-electron chi connectivity index (χ0n) is 12.5. The van der Waals surface area contributed by atoms with Crippen molar-refractivity contribution in [3.63, 3.8) is 0 Å². The Hall–Kier alpha value is -2.00. The maximum atomic E-state index is 5.77. The molecule has 3 heteroatoms. The van der Waals surface area contributed by atoms with Crippen LogP contribution in [-0.4, -0.2) is 20.8 Å². The highest BCUT2D eigenvalue weighted by Crippen LogP contribution is 2.41. The molecule has 2 atom stereocenters. The van der Waals surface area contributed by atoms with Crippen molar-refractivity contribution >= 4 is 0 Å². The van der Waals surface area contributed by atoms with Crippen LogP contribution in [0.25, 0.3) is 0 Å². The van der Waals surface area contributed by atoms with Crippen molar-refractivity contribution in [3.05, 3.63) is 59.7 Å². The maximum Gasteiger partial charge on any atom is 0.122 e. The first-order valence-electron chi connectivity index (χ1n) is 7.36. The Morgan fingerprint density at radius 2 is 1.90 bits per heavy atom. The van der Waals surface area contributed by atoms with Crippen LogP contribution in [0.3, 0.4) is 0 Å². The fourth-order valence-corrected chi connectivity index (χ4v) is 3.13. The minimum atomic E-state index is 0.279. The first kappa shape index (κ1) is 14.0. The molecule has 0 saturated carbocycles. The number of para-hydroxylation sites is 1. The molecule has 2 aromatic carbocycles. The van der Waals surface area contributed by atoms with Gasteiger partial charge in [0.05, 0.1) is 13.7 Å². The number of rotatable bonds is 4. The van der Waals surface area contributed by atoms with E-state index in [1.807, 2.05) is 25.2 Å². The van der Waals surface area contributed by atoms with Crippen LogP contribution in [0.4, 0.5) is 0 Å². The molecule has 1 heterocycles. The molecular formula is C18H21NO2. The number of methoxy groups -OCH3 is 1. The molecular weight excluding hydrogens is 262 g/mol. The second kappa shape index (κ2) is 6.19. The van der Waals surface area contributed by atoms with Gasteiger partial charge >= 0.3 is 0 Å². The summed E-state index contributed by atoms with van der Waals surface area (Å²) in [6, 6.07) is 16.9. The van der Waals surface area contributed by atoms with Gasteiger partial charge < -0.3 is 14.8 Å². The molecule has 21 heavy (non-hydrogen) atoms. The van der Waals surface area contributed by atoms with Crippen molar-refractivity contribution in [2.45, 2.75) is 18.4 Å². The lowest BCUT2D eigenvalue weighted by Gasteiger charge is -2.32. The number of fused-ring (bicyclic) bond motifs is 1. The summed E-state index contributed by atoms with van der Waals surface area (Å²) < 4.78 is 11.0. The van der Waals surface area contributed by atoms with Crippen LogP contribution in [0, 0.1) is 0 Å². The van der Waals surface area contributed by atoms with Gasteiger partial charge in [0, 0.05) is 12.0 Å². The summed E-state index contributed by atoms with van der Waals surface area (Å²) in [5, 5.41) is 3.47. The first-order valence-corrected chi connectivity index (χ1v) is 7.36. The van der Waals surface area contributed by atoms with Crippen molar-refractivity contribution in [2.24, 2.45) is 0 Å².